The van der Waals surface area contributed by atoms with E-state index in [2.05, 4.69) is 10.2 Å². The molecule has 0 bridgehead atoms. The lowest BCUT2D eigenvalue weighted by Gasteiger charge is -2.24. The van der Waals surface area contributed by atoms with E-state index in [4.69, 9.17) is 4.74 Å². The molecule has 3 atom stereocenters. The standard InChI is InChI=1S/C32H38N2O6S2/c1-22-9-7-8-12-27(22)29-17-23(13-14-28(29)31(35)33-30(32(36)37)15-16-41-3)19-34-20-26(18-24(34)21-40-2)42(38,39)25-10-5-4-6-11-25/h4-14,17,24,26,30H,15-16,18-21H2,1-3H3,(H,33,35)(H,36,37)/t24-,26+,30-/m0/s1. The summed E-state index contributed by atoms with van der Waals surface area (Å²) in [5, 5.41) is 11.8. The summed E-state index contributed by atoms with van der Waals surface area (Å²) in [6, 6.07) is 20.8. The topological polar surface area (TPSA) is 113 Å². The van der Waals surface area contributed by atoms with Crippen LogP contribution in [0.5, 0.6) is 0 Å². The Morgan fingerprint density at radius 2 is 1.79 bits per heavy atom. The third-order valence-corrected chi connectivity index (χ3v) is 10.5. The summed E-state index contributed by atoms with van der Waals surface area (Å²) in [4.78, 5) is 27.7. The van der Waals surface area contributed by atoms with E-state index in [0.717, 1.165) is 16.7 Å². The van der Waals surface area contributed by atoms with E-state index in [0.29, 0.717) is 54.3 Å². The van der Waals surface area contributed by atoms with E-state index < -0.39 is 33.0 Å². The fourth-order valence-electron chi connectivity index (χ4n) is 5.47. The van der Waals surface area contributed by atoms with Crippen molar-refractivity contribution in [1.82, 2.24) is 10.2 Å². The molecule has 4 rings (SSSR count). The van der Waals surface area contributed by atoms with Crippen molar-refractivity contribution < 1.29 is 27.9 Å². The van der Waals surface area contributed by atoms with Crippen molar-refractivity contribution in [2.75, 3.05) is 32.3 Å². The number of rotatable bonds is 13. The zero-order valence-electron chi connectivity index (χ0n) is 24.2. The number of nitrogens with zero attached hydrogens (tertiary/aromatic N) is 1. The minimum atomic E-state index is -3.51. The number of amides is 1. The van der Waals surface area contributed by atoms with Gasteiger partial charge in [0.15, 0.2) is 9.84 Å². The Hall–Kier alpha value is -3.18. The number of hydrogen-bond acceptors (Lipinski definition) is 7. The molecule has 1 saturated heterocycles. The quantitative estimate of drug-likeness (QED) is 0.287. The van der Waals surface area contributed by atoms with Gasteiger partial charge in [-0.3, -0.25) is 9.69 Å². The summed E-state index contributed by atoms with van der Waals surface area (Å²) in [7, 11) is -1.90. The minimum Gasteiger partial charge on any atom is -0.480 e. The highest BCUT2D eigenvalue weighted by Crippen LogP contribution is 2.32. The van der Waals surface area contributed by atoms with Crippen molar-refractivity contribution >= 4 is 33.5 Å². The molecule has 2 N–H and O–H groups in total. The number of ether oxygens (including phenoxy) is 1. The molecular formula is C32H38N2O6S2. The normalized spacial score (nSPS) is 18.1. The van der Waals surface area contributed by atoms with E-state index in [-0.39, 0.29) is 6.04 Å². The molecule has 3 aromatic carbocycles. The van der Waals surface area contributed by atoms with Gasteiger partial charge in [0.25, 0.3) is 5.91 Å². The van der Waals surface area contributed by atoms with Gasteiger partial charge in [-0.1, -0.05) is 48.5 Å². The molecule has 1 aliphatic rings. The Morgan fingerprint density at radius 1 is 1.07 bits per heavy atom. The summed E-state index contributed by atoms with van der Waals surface area (Å²) < 4.78 is 32.3. The zero-order valence-corrected chi connectivity index (χ0v) is 25.8. The van der Waals surface area contributed by atoms with Crippen LogP contribution in [0.4, 0.5) is 0 Å². The Bertz CT molecular complexity index is 1500. The van der Waals surface area contributed by atoms with Crippen LogP contribution in [-0.2, 0) is 25.9 Å². The average Bonchev–Trinajstić information content (AvgIpc) is 3.38. The molecule has 224 valence electrons. The summed E-state index contributed by atoms with van der Waals surface area (Å²) in [5.74, 6) is -0.897. The average molecular weight is 611 g/mol. The number of carbonyl (C=O) groups is 2. The molecule has 0 unspecified atom stereocenters. The minimum absolute atomic E-state index is 0.0869. The zero-order chi connectivity index (χ0) is 30.3. The molecule has 10 heteroatoms. The molecule has 1 heterocycles. The molecule has 0 aromatic heterocycles. The maximum atomic E-state index is 13.4. The fourth-order valence-corrected chi connectivity index (χ4v) is 7.73. The Labute approximate surface area is 252 Å². The monoisotopic (exact) mass is 610 g/mol. The van der Waals surface area contributed by atoms with E-state index >= 15 is 0 Å². The third-order valence-electron chi connectivity index (χ3n) is 7.72. The smallest absolute Gasteiger partial charge is 0.326 e. The van der Waals surface area contributed by atoms with Crippen LogP contribution in [0, 0.1) is 6.92 Å². The summed E-state index contributed by atoms with van der Waals surface area (Å²) >= 11 is 1.53. The lowest BCUT2D eigenvalue weighted by molar-refractivity contribution is -0.139. The van der Waals surface area contributed by atoms with E-state index in [9.17, 15) is 23.1 Å². The summed E-state index contributed by atoms with van der Waals surface area (Å²) in [6.45, 7) is 3.21. The predicted octanol–water partition coefficient (Wildman–Crippen LogP) is 4.66. The van der Waals surface area contributed by atoms with Crippen LogP contribution in [0.3, 0.4) is 0 Å². The number of methoxy groups -OCH3 is 1. The first kappa shape index (κ1) is 31.7. The van der Waals surface area contributed by atoms with Crippen LogP contribution in [0.1, 0.15) is 34.3 Å². The number of nitrogens with one attached hydrogen (secondary N) is 1. The number of benzene rings is 3. The van der Waals surface area contributed by atoms with Crippen LogP contribution < -0.4 is 5.32 Å². The first-order chi connectivity index (χ1) is 20.1. The van der Waals surface area contributed by atoms with Crippen LogP contribution in [-0.4, -0.2) is 79.9 Å². The number of aryl methyl sites for hydroxylation is 1. The number of thioether (sulfide) groups is 1. The second-order valence-corrected chi connectivity index (χ2v) is 13.8. The van der Waals surface area contributed by atoms with E-state index in [1.54, 1.807) is 43.5 Å². The van der Waals surface area contributed by atoms with E-state index in [1.165, 1.54) is 11.8 Å². The van der Waals surface area contributed by atoms with Crippen LogP contribution in [0.25, 0.3) is 11.1 Å². The van der Waals surface area contributed by atoms with Crippen LogP contribution in [0.15, 0.2) is 77.7 Å². The molecule has 1 fully saturated rings. The molecule has 42 heavy (non-hydrogen) atoms. The molecule has 0 spiro atoms. The first-order valence-electron chi connectivity index (χ1n) is 13.9. The molecule has 0 aliphatic carbocycles. The van der Waals surface area contributed by atoms with Gasteiger partial charge >= 0.3 is 5.97 Å². The van der Waals surface area contributed by atoms with Crippen LogP contribution >= 0.6 is 11.8 Å². The van der Waals surface area contributed by atoms with Gasteiger partial charge in [-0.2, -0.15) is 11.8 Å². The van der Waals surface area contributed by atoms with Crippen molar-refractivity contribution in [2.24, 2.45) is 0 Å². The second-order valence-electron chi connectivity index (χ2n) is 10.6. The number of carboxylic acids is 1. The summed E-state index contributed by atoms with van der Waals surface area (Å²) in [5.41, 5.74) is 3.87. The van der Waals surface area contributed by atoms with Gasteiger partial charge in [-0.05, 0) is 78.3 Å². The largest absolute Gasteiger partial charge is 0.480 e. The number of likely N-dealkylation sites (tertiary alicyclic amines) is 1. The summed E-state index contributed by atoms with van der Waals surface area (Å²) in [6.07, 6.45) is 2.68. The van der Waals surface area contributed by atoms with Crippen molar-refractivity contribution in [3.63, 3.8) is 0 Å². The van der Waals surface area contributed by atoms with Crippen LogP contribution in [0.2, 0.25) is 0 Å². The number of carboxylic acid groups (broad SMARTS) is 1. The highest BCUT2D eigenvalue weighted by atomic mass is 32.2. The van der Waals surface area contributed by atoms with Gasteiger partial charge in [-0.25, -0.2) is 13.2 Å². The van der Waals surface area contributed by atoms with Gasteiger partial charge in [0, 0.05) is 31.8 Å². The molecule has 0 saturated carbocycles. The maximum absolute atomic E-state index is 13.4. The first-order valence-corrected chi connectivity index (χ1v) is 16.8. The number of aliphatic carboxylic acids is 1. The lowest BCUT2D eigenvalue weighted by Crippen LogP contribution is -2.41. The van der Waals surface area contributed by atoms with Gasteiger partial charge in [-0.15, -0.1) is 0 Å². The number of hydrogen-bond donors (Lipinski definition) is 2. The maximum Gasteiger partial charge on any atom is 0.326 e. The van der Waals surface area contributed by atoms with Gasteiger partial charge in [0.2, 0.25) is 0 Å². The van der Waals surface area contributed by atoms with Gasteiger partial charge in [0.05, 0.1) is 16.8 Å². The van der Waals surface area contributed by atoms with Crippen molar-refractivity contribution in [1.29, 1.82) is 0 Å². The van der Waals surface area contributed by atoms with Crippen molar-refractivity contribution in [3.05, 3.63) is 89.5 Å². The number of sulfone groups is 1. The second kappa shape index (κ2) is 14.3. The van der Waals surface area contributed by atoms with Crippen molar-refractivity contribution in [2.45, 2.75) is 48.5 Å². The Balaban J connectivity index is 1.64. The molecule has 1 amide bonds. The lowest BCUT2D eigenvalue weighted by atomic mass is 9.93. The Kier molecular flexibility index (Phi) is 10.8. The highest BCUT2D eigenvalue weighted by Gasteiger charge is 2.40. The molecule has 1 aliphatic heterocycles. The molecule has 0 radical (unpaired) electrons. The molecule has 8 nitrogen and oxygen atoms in total. The molecular weight excluding hydrogens is 572 g/mol. The SMILES string of the molecule is COC[C@@H]1C[C@@H](S(=O)(=O)c2ccccc2)CN1Cc1ccc(C(=O)N[C@@H](CCSC)C(=O)O)c(-c2ccccc2C)c1. The fraction of sp³-hybridized carbons (Fsp3) is 0.375. The highest BCUT2D eigenvalue weighted by molar-refractivity contribution is 7.98. The van der Waals surface area contributed by atoms with Gasteiger partial charge < -0.3 is 15.2 Å². The van der Waals surface area contributed by atoms with Crippen molar-refractivity contribution in [3.8, 4) is 11.1 Å². The molecule has 3 aromatic rings. The predicted molar refractivity (Wildman–Crippen MR) is 167 cm³/mol. The van der Waals surface area contributed by atoms with Gasteiger partial charge in [0.1, 0.15) is 6.04 Å². The number of carbonyl (C=O) groups excluding carboxylic acids is 1. The third kappa shape index (κ3) is 7.42. The Morgan fingerprint density at radius 3 is 2.45 bits per heavy atom. The van der Waals surface area contributed by atoms with E-state index in [1.807, 2.05) is 49.6 Å².